The van der Waals surface area contributed by atoms with Crippen LogP contribution in [0.4, 0.5) is 8.78 Å². The van der Waals surface area contributed by atoms with Crippen molar-refractivity contribution in [1.29, 1.82) is 0 Å². The van der Waals surface area contributed by atoms with Crippen molar-refractivity contribution < 1.29 is 17.2 Å². The predicted molar refractivity (Wildman–Crippen MR) is 64.0 cm³/mol. The van der Waals surface area contributed by atoms with Gasteiger partial charge in [0.05, 0.1) is 11.3 Å². The molecule has 0 aliphatic carbocycles. The van der Waals surface area contributed by atoms with Gasteiger partial charge in [0.25, 0.3) is 0 Å². The third-order valence-corrected chi connectivity index (χ3v) is 5.63. The quantitative estimate of drug-likeness (QED) is 0.919. The Bertz CT molecular complexity index is 572. The van der Waals surface area contributed by atoms with Crippen LogP contribution in [-0.2, 0) is 9.84 Å². The molecule has 0 fully saturated rings. The summed E-state index contributed by atoms with van der Waals surface area (Å²) in [4.78, 5) is -0.472. The summed E-state index contributed by atoms with van der Waals surface area (Å²) >= 11 is 0. The summed E-state index contributed by atoms with van der Waals surface area (Å²) in [6, 6.07) is 1.16. The zero-order valence-electron chi connectivity index (χ0n) is 10.2. The van der Waals surface area contributed by atoms with E-state index in [1.165, 1.54) is 0 Å². The Morgan fingerprint density at radius 3 is 2.44 bits per heavy atom. The van der Waals surface area contributed by atoms with Gasteiger partial charge in [-0.1, -0.05) is 13.3 Å². The van der Waals surface area contributed by atoms with E-state index in [1.807, 2.05) is 6.92 Å². The minimum atomic E-state index is -3.80. The molecule has 0 spiro atoms. The molecule has 100 valence electrons. The van der Waals surface area contributed by atoms with Crippen LogP contribution >= 0.6 is 0 Å². The molecule has 0 saturated heterocycles. The van der Waals surface area contributed by atoms with Gasteiger partial charge in [-0.25, -0.2) is 17.2 Å². The Morgan fingerprint density at radius 1 is 1.28 bits per heavy atom. The Morgan fingerprint density at radius 2 is 1.89 bits per heavy atom. The van der Waals surface area contributed by atoms with Crippen molar-refractivity contribution in [3.05, 3.63) is 29.3 Å². The highest BCUT2D eigenvalue weighted by molar-refractivity contribution is 7.92. The lowest BCUT2D eigenvalue weighted by molar-refractivity contribution is 0.489. The maximum Gasteiger partial charge on any atom is 0.186 e. The first-order valence-electron chi connectivity index (χ1n) is 5.84. The largest absolute Gasteiger partial charge is 0.312 e. The van der Waals surface area contributed by atoms with Crippen molar-refractivity contribution in [1.82, 2.24) is 5.32 Å². The van der Waals surface area contributed by atoms with Gasteiger partial charge in [-0.15, -0.1) is 0 Å². The number of halogens is 2. The highest BCUT2D eigenvalue weighted by Gasteiger charge is 2.47. The topological polar surface area (TPSA) is 46.2 Å². The van der Waals surface area contributed by atoms with Crippen LogP contribution in [-0.4, -0.2) is 20.7 Å². The van der Waals surface area contributed by atoms with Crippen molar-refractivity contribution in [2.24, 2.45) is 0 Å². The molecule has 2 unspecified atom stereocenters. The molecule has 3 nitrogen and oxygen atoms in total. The molecule has 0 bridgehead atoms. The number of hydrogen-bond donors (Lipinski definition) is 1. The van der Waals surface area contributed by atoms with Gasteiger partial charge in [0.2, 0.25) is 0 Å². The second-order valence-corrected chi connectivity index (χ2v) is 6.51. The Kier molecular flexibility index (Phi) is 3.42. The van der Waals surface area contributed by atoms with E-state index in [4.69, 9.17) is 0 Å². The molecule has 0 saturated carbocycles. The zero-order chi connectivity index (χ0) is 13.5. The van der Waals surface area contributed by atoms with Crippen LogP contribution in [0.3, 0.4) is 0 Å². The van der Waals surface area contributed by atoms with Crippen LogP contribution in [0.2, 0.25) is 0 Å². The van der Waals surface area contributed by atoms with Crippen molar-refractivity contribution in [3.63, 3.8) is 0 Å². The van der Waals surface area contributed by atoms with Crippen molar-refractivity contribution in [3.8, 4) is 0 Å². The molecule has 1 N–H and O–H groups in total. The lowest BCUT2D eigenvalue weighted by atomic mass is 10.0. The number of sulfone groups is 1. The molecule has 0 radical (unpaired) electrons. The second-order valence-electron chi connectivity index (χ2n) is 4.41. The minimum absolute atomic E-state index is 0.0593. The lowest BCUT2D eigenvalue weighted by Gasteiger charge is -2.17. The van der Waals surface area contributed by atoms with Gasteiger partial charge in [0, 0.05) is 5.56 Å². The molecule has 1 aromatic carbocycles. The summed E-state index contributed by atoms with van der Waals surface area (Å²) in [5, 5.41) is 2.00. The smallest absolute Gasteiger partial charge is 0.186 e. The maximum atomic E-state index is 13.8. The molecule has 0 amide bonds. The minimum Gasteiger partial charge on any atom is -0.312 e. The average Bonchev–Trinajstić information content (AvgIpc) is 2.54. The molecule has 6 heteroatoms. The number of hydrogen-bond acceptors (Lipinski definition) is 3. The highest BCUT2D eigenvalue weighted by Crippen LogP contribution is 2.43. The molecule has 2 rings (SSSR count). The summed E-state index contributed by atoms with van der Waals surface area (Å²) < 4.78 is 52.0. The number of fused-ring (bicyclic) bond motifs is 1. The molecule has 18 heavy (non-hydrogen) atoms. The van der Waals surface area contributed by atoms with E-state index in [0.717, 1.165) is 12.1 Å². The van der Waals surface area contributed by atoms with Gasteiger partial charge >= 0.3 is 0 Å². The third-order valence-electron chi connectivity index (χ3n) is 3.34. The molecule has 2 atom stereocenters. The predicted octanol–water partition coefficient (Wildman–Crippen LogP) is 2.18. The van der Waals surface area contributed by atoms with Crippen LogP contribution in [0.25, 0.3) is 0 Å². The molecule has 1 aliphatic rings. The Labute approximate surface area is 105 Å². The van der Waals surface area contributed by atoms with Gasteiger partial charge in [-0.2, -0.15) is 0 Å². The molecular formula is C12H15F2NO2S. The third kappa shape index (κ3) is 1.75. The first kappa shape index (κ1) is 13.4. The summed E-state index contributed by atoms with van der Waals surface area (Å²) in [5.74, 6) is -1.54. The van der Waals surface area contributed by atoms with E-state index in [-0.39, 0.29) is 5.56 Å². The Balaban J connectivity index is 2.72. The first-order valence-corrected chi connectivity index (χ1v) is 7.38. The summed E-state index contributed by atoms with van der Waals surface area (Å²) in [7, 11) is -2.24. The number of nitrogens with one attached hydrogen (secondary N) is 1. The van der Waals surface area contributed by atoms with Gasteiger partial charge in [-0.05, 0) is 25.6 Å². The summed E-state index contributed by atoms with van der Waals surface area (Å²) in [6.07, 6.45) is 1.01. The number of benzene rings is 1. The zero-order valence-corrected chi connectivity index (χ0v) is 11.0. The molecule has 1 aliphatic heterocycles. The fourth-order valence-electron chi connectivity index (χ4n) is 2.58. The van der Waals surface area contributed by atoms with Crippen molar-refractivity contribution >= 4 is 9.84 Å². The summed E-state index contributed by atoms with van der Waals surface area (Å²) in [5.41, 5.74) is -0.0593. The monoisotopic (exact) mass is 275 g/mol. The van der Waals surface area contributed by atoms with E-state index in [0.29, 0.717) is 12.8 Å². The summed E-state index contributed by atoms with van der Waals surface area (Å²) in [6.45, 7) is 1.85. The van der Waals surface area contributed by atoms with E-state index in [2.05, 4.69) is 5.32 Å². The van der Waals surface area contributed by atoms with E-state index in [9.17, 15) is 17.2 Å². The SMILES string of the molecule is CCCC1C(NC)c2c(F)ccc(F)c2S1(=O)=O. The Hall–Kier alpha value is -1.01. The van der Waals surface area contributed by atoms with E-state index < -0.39 is 37.7 Å². The van der Waals surface area contributed by atoms with Crippen LogP contribution < -0.4 is 5.32 Å². The van der Waals surface area contributed by atoms with E-state index >= 15 is 0 Å². The molecular weight excluding hydrogens is 260 g/mol. The van der Waals surface area contributed by atoms with Crippen LogP contribution in [0.15, 0.2) is 17.0 Å². The van der Waals surface area contributed by atoms with Crippen molar-refractivity contribution in [2.45, 2.75) is 36.0 Å². The molecule has 1 aromatic rings. The highest BCUT2D eigenvalue weighted by atomic mass is 32.2. The van der Waals surface area contributed by atoms with Crippen LogP contribution in [0.1, 0.15) is 31.4 Å². The number of rotatable bonds is 3. The normalized spacial score (nSPS) is 25.1. The van der Waals surface area contributed by atoms with Gasteiger partial charge in [-0.3, -0.25) is 0 Å². The standard InChI is InChI=1S/C12H15F2NO2S/c1-3-4-9-11(15-2)10-7(13)5-6-8(14)12(10)18(9,16)17/h5-6,9,11,15H,3-4H2,1-2H3. The first-order chi connectivity index (χ1) is 8.45. The van der Waals surface area contributed by atoms with Crippen LogP contribution in [0.5, 0.6) is 0 Å². The van der Waals surface area contributed by atoms with Gasteiger partial charge in [0.1, 0.15) is 16.5 Å². The average molecular weight is 275 g/mol. The second kappa shape index (κ2) is 4.59. The molecule has 1 heterocycles. The van der Waals surface area contributed by atoms with Gasteiger partial charge < -0.3 is 5.32 Å². The van der Waals surface area contributed by atoms with Crippen molar-refractivity contribution in [2.75, 3.05) is 7.05 Å². The fraction of sp³-hybridized carbons (Fsp3) is 0.500. The van der Waals surface area contributed by atoms with E-state index in [1.54, 1.807) is 7.05 Å². The van der Waals surface area contributed by atoms with Gasteiger partial charge in [0.15, 0.2) is 9.84 Å². The van der Waals surface area contributed by atoms with Crippen LogP contribution in [0, 0.1) is 11.6 Å². The molecule has 0 aromatic heterocycles. The lowest BCUT2D eigenvalue weighted by Crippen LogP contribution is -2.29. The maximum absolute atomic E-state index is 13.8. The fourth-order valence-corrected chi connectivity index (χ4v) is 4.93.